The maximum Gasteiger partial charge on any atom is 0.321 e. The van der Waals surface area contributed by atoms with E-state index in [-0.39, 0.29) is 6.03 Å². The minimum absolute atomic E-state index is 0.135. The Kier molecular flexibility index (Phi) is 4.02. The van der Waals surface area contributed by atoms with Crippen molar-refractivity contribution in [2.75, 3.05) is 12.4 Å². The molecule has 23 heavy (non-hydrogen) atoms. The highest BCUT2D eigenvalue weighted by atomic mass is 16.2. The molecule has 0 atom stereocenters. The lowest BCUT2D eigenvalue weighted by Crippen LogP contribution is -2.31. The average molecular weight is 308 g/mol. The van der Waals surface area contributed by atoms with Crippen molar-refractivity contribution in [3.63, 3.8) is 0 Å². The predicted octanol–water partition coefficient (Wildman–Crippen LogP) is 3.55. The molecule has 3 rings (SSSR count). The monoisotopic (exact) mass is 308 g/mol. The quantitative estimate of drug-likeness (QED) is 0.804. The minimum Gasteiger partial charge on any atom is -0.323 e. The molecule has 0 bridgehead atoms. The number of aryl methyl sites for hydroxylation is 2. The number of hydrogen-bond donors (Lipinski definition) is 1. The van der Waals surface area contributed by atoms with Crippen LogP contribution in [0.4, 0.5) is 10.5 Å². The molecule has 0 aliphatic rings. The molecule has 1 heterocycles. The molecule has 2 amide bonds. The van der Waals surface area contributed by atoms with Gasteiger partial charge < -0.3 is 10.2 Å². The van der Waals surface area contributed by atoms with E-state index in [0.29, 0.717) is 6.54 Å². The van der Waals surface area contributed by atoms with E-state index in [1.165, 1.54) is 0 Å². The molecule has 0 aliphatic heterocycles. The maximum atomic E-state index is 12.5. The molecule has 0 fully saturated rings. The number of carbonyl (C=O) groups is 1. The SMILES string of the molecule is Cc1nn(C)cc1CN(C)C(=O)Nc1cccc2ccccc12. The molecule has 1 aromatic heterocycles. The Hall–Kier alpha value is -2.82. The summed E-state index contributed by atoms with van der Waals surface area (Å²) >= 11 is 0. The van der Waals surface area contributed by atoms with Gasteiger partial charge in [0, 0.05) is 31.2 Å². The first-order valence-electron chi connectivity index (χ1n) is 7.53. The maximum absolute atomic E-state index is 12.5. The van der Waals surface area contributed by atoms with Gasteiger partial charge in [-0.25, -0.2) is 4.79 Å². The van der Waals surface area contributed by atoms with E-state index in [0.717, 1.165) is 27.7 Å². The summed E-state index contributed by atoms with van der Waals surface area (Å²) in [6.07, 6.45) is 1.94. The first-order chi connectivity index (χ1) is 11.0. The van der Waals surface area contributed by atoms with Gasteiger partial charge in [0.15, 0.2) is 0 Å². The number of anilines is 1. The van der Waals surface area contributed by atoms with Crippen LogP contribution in [0.1, 0.15) is 11.3 Å². The van der Waals surface area contributed by atoms with Crippen LogP contribution in [-0.2, 0) is 13.6 Å². The number of benzene rings is 2. The molecule has 3 aromatic rings. The summed E-state index contributed by atoms with van der Waals surface area (Å²) in [7, 11) is 3.67. The van der Waals surface area contributed by atoms with E-state index < -0.39 is 0 Å². The highest BCUT2D eigenvalue weighted by Crippen LogP contribution is 2.23. The van der Waals surface area contributed by atoms with Crippen LogP contribution in [0, 0.1) is 6.92 Å². The number of urea groups is 1. The minimum atomic E-state index is -0.135. The fourth-order valence-corrected chi connectivity index (χ4v) is 2.68. The van der Waals surface area contributed by atoms with Crippen LogP contribution in [0.15, 0.2) is 48.7 Å². The van der Waals surface area contributed by atoms with Crippen LogP contribution in [0.3, 0.4) is 0 Å². The fourth-order valence-electron chi connectivity index (χ4n) is 2.68. The lowest BCUT2D eigenvalue weighted by Gasteiger charge is -2.18. The average Bonchev–Trinajstić information content (AvgIpc) is 2.85. The van der Waals surface area contributed by atoms with Gasteiger partial charge in [0.25, 0.3) is 0 Å². The van der Waals surface area contributed by atoms with E-state index in [1.54, 1.807) is 16.6 Å². The zero-order valence-corrected chi connectivity index (χ0v) is 13.6. The van der Waals surface area contributed by atoms with Gasteiger partial charge in [-0.2, -0.15) is 5.10 Å². The van der Waals surface area contributed by atoms with Crippen LogP contribution in [-0.4, -0.2) is 27.8 Å². The normalized spacial score (nSPS) is 10.7. The molecular formula is C18H20N4O. The highest BCUT2D eigenvalue weighted by Gasteiger charge is 2.13. The molecule has 5 heteroatoms. The van der Waals surface area contributed by atoms with E-state index in [2.05, 4.69) is 10.4 Å². The summed E-state index contributed by atoms with van der Waals surface area (Å²) in [4.78, 5) is 14.1. The molecule has 0 saturated carbocycles. The summed E-state index contributed by atoms with van der Waals surface area (Å²) in [6, 6.07) is 13.8. The summed E-state index contributed by atoms with van der Waals surface area (Å²) in [6.45, 7) is 2.47. The Balaban J connectivity index is 1.76. The van der Waals surface area contributed by atoms with Crippen LogP contribution < -0.4 is 5.32 Å². The van der Waals surface area contributed by atoms with Gasteiger partial charge in [-0.3, -0.25) is 4.68 Å². The van der Waals surface area contributed by atoms with Gasteiger partial charge in [-0.1, -0.05) is 36.4 Å². The number of fused-ring (bicyclic) bond motifs is 1. The van der Waals surface area contributed by atoms with E-state index in [1.807, 2.05) is 62.6 Å². The first-order valence-corrected chi connectivity index (χ1v) is 7.53. The number of aromatic nitrogens is 2. The number of amides is 2. The van der Waals surface area contributed by atoms with Crippen molar-refractivity contribution in [2.45, 2.75) is 13.5 Å². The van der Waals surface area contributed by atoms with Gasteiger partial charge in [0.2, 0.25) is 0 Å². The summed E-state index contributed by atoms with van der Waals surface area (Å²) in [5.41, 5.74) is 2.81. The van der Waals surface area contributed by atoms with Gasteiger partial charge in [-0.05, 0) is 18.4 Å². The summed E-state index contributed by atoms with van der Waals surface area (Å²) in [5.74, 6) is 0. The molecule has 0 saturated heterocycles. The highest BCUT2D eigenvalue weighted by molar-refractivity contribution is 6.01. The van der Waals surface area contributed by atoms with Crippen LogP contribution >= 0.6 is 0 Å². The first kappa shape index (κ1) is 15.1. The zero-order valence-electron chi connectivity index (χ0n) is 13.6. The van der Waals surface area contributed by atoms with E-state index in [9.17, 15) is 4.79 Å². The molecule has 2 aromatic carbocycles. The lowest BCUT2D eigenvalue weighted by atomic mass is 10.1. The Bertz CT molecular complexity index is 848. The van der Waals surface area contributed by atoms with E-state index >= 15 is 0 Å². The second-order valence-electron chi connectivity index (χ2n) is 5.73. The Morgan fingerprint density at radius 2 is 1.96 bits per heavy atom. The largest absolute Gasteiger partial charge is 0.323 e. The number of rotatable bonds is 3. The number of hydrogen-bond acceptors (Lipinski definition) is 2. The zero-order chi connectivity index (χ0) is 16.4. The molecular weight excluding hydrogens is 288 g/mol. The standard InChI is InChI=1S/C18H20N4O/c1-13-15(12-22(3)20-13)11-21(2)18(23)19-17-10-6-8-14-7-4-5-9-16(14)17/h4-10,12H,11H2,1-3H3,(H,19,23). The van der Waals surface area contributed by atoms with Crippen molar-refractivity contribution in [3.05, 3.63) is 59.9 Å². The number of nitrogens with zero attached hydrogens (tertiary/aromatic N) is 3. The molecule has 0 aliphatic carbocycles. The molecule has 1 N–H and O–H groups in total. The van der Waals surface area contributed by atoms with Gasteiger partial charge >= 0.3 is 6.03 Å². The van der Waals surface area contributed by atoms with Crippen LogP contribution in [0.5, 0.6) is 0 Å². The van der Waals surface area contributed by atoms with E-state index in [4.69, 9.17) is 0 Å². The van der Waals surface area contributed by atoms with Crippen LogP contribution in [0.2, 0.25) is 0 Å². The molecule has 0 unspecified atom stereocenters. The molecule has 118 valence electrons. The van der Waals surface area contributed by atoms with Crippen molar-refractivity contribution in [1.29, 1.82) is 0 Å². The second kappa shape index (κ2) is 6.12. The second-order valence-corrected chi connectivity index (χ2v) is 5.73. The van der Waals surface area contributed by atoms with Crippen molar-refractivity contribution in [1.82, 2.24) is 14.7 Å². The Morgan fingerprint density at radius 3 is 2.70 bits per heavy atom. The molecule has 0 radical (unpaired) electrons. The topological polar surface area (TPSA) is 50.2 Å². The van der Waals surface area contributed by atoms with Gasteiger partial charge in [0.1, 0.15) is 0 Å². The fraction of sp³-hybridized carbons (Fsp3) is 0.222. The van der Waals surface area contributed by atoms with Gasteiger partial charge in [0.05, 0.1) is 17.9 Å². The third-order valence-corrected chi connectivity index (χ3v) is 3.90. The number of nitrogens with one attached hydrogen (secondary N) is 1. The summed E-state index contributed by atoms with van der Waals surface area (Å²) in [5, 5.41) is 9.44. The third-order valence-electron chi connectivity index (χ3n) is 3.90. The van der Waals surface area contributed by atoms with Crippen molar-refractivity contribution >= 4 is 22.5 Å². The number of carbonyl (C=O) groups excluding carboxylic acids is 1. The van der Waals surface area contributed by atoms with Crippen molar-refractivity contribution < 1.29 is 4.79 Å². The van der Waals surface area contributed by atoms with Crippen molar-refractivity contribution in [3.8, 4) is 0 Å². The molecule has 0 spiro atoms. The Labute approximate surface area is 135 Å². The van der Waals surface area contributed by atoms with Crippen LogP contribution in [0.25, 0.3) is 10.8 Å². The molecule has 5 nitrogen and oxygen atoms in total. The third kappa shape index (κ3) is 3.18. The van der Waals surface area contributed by atoms with Gasteiger partial charge in [-0.15, -0.1) is 0 Å². The predicted molar refractivity (Wildman–Crippen MR) is 92.4 cm³/mol. The lowest BCUT2D eigenvalue weighted by molar-refractivity contribution is 0.220. The van der Waals surface area contributed by atoms with Crippen molar-refractivity contribution in [2.24, 2.45) is 7.05 Å². The smallest absolute Gasteiger partial charge is 0.321 e. The Morgan fingerprint density at radius 1 is 1.22 bits per heavy atom. The summed E-state index contributed by atoms with van der Waals surface area (Å²) < 4.78 is 1.76.